The molecule has 0 aliphatic heterocycles. The van der Waals surface area contributed by atoms with Gasteiger partial charge in [-0.2, -0.15) is 11.1 Å². The van der Waals surface area contributed by atoms with Crippen molar-refractivity contribution in [1.29, 1.82) is 0 Å². The summed E-state index contributed by atoms with van der Waals surface area (Å²) in [5.41, 5.74) is 0. The Morgan fingerprint density at radius 3 is 1.93 bits per heavy atom. The van der Waals surface area contributed by atoms with Crippen molar-refractivity contribution >= 4 is 23.6 Å². The summed E-state index contributed by atoms with van der Waals surface area (Å²) in [6.45, 7) is 4.45. The molecule has 0 saturated heterocycles. The van der Waals surface area contributed by atoms with Gasteiger partial charge < -0.3 is 0 Å². The molecule has 0 atom stereocenters. The van der Waals surface area contributed by atoms with E-state index in [4.69, 9.17) is 11.1 Å². The minimum Gasteiger partial charge on any atom is -0.161 e. The van der Waals surface area contributed by atoms with Crippen LogP contribution in [-0.4, -0.2) is 7.38 Å². The molecule has 1 aromatic carbocycles. The van der Waals surface area contributed by atoms with Gasteiger partial charge in [-0.05, 0) is 17.3 Å². The molecule has 1 aromatic rings. The molecule has 2 heteroatoms. The fourth-order valence-corrected chi connectivity index (χ4v) is 6.66. The van der Waals surface area contributed by atoms with Crippen LogP contribution >= 0.6 is 11.1 Å². The summed E-state index contributed by atoms with van der Waals surface area (Å²) >= 11 is 6.80. The summed E-state index contributed by atoms with van der Waals surface area (Å²) in [5.74, 6) is 0. The third-order valence-electron chi connectivity index (χ3n) is 2.58. The van der Waals surface area contributed by atoms with E-state index in [1.807, 2.05) is 0 Å². The Bertz CT molecular complexity index is 252. The number of hydrogen-bond acceptors (Lipinski definition) is 0. The Morgan fingerprint density at radius 2 is 1.50 bits per heavy atom. The molecule has 0 bridgehead atoms. The van der Waals surface area contributed by atoms with Crippen LogP contribution in [0.4, 0.5) is 0 Å². The molecular weight excluding hydrogens is 208 g/mol. The highest BCUT2D eigenvalue weighted by molar-refractivity contribution is 7.27. The zero-order valence-corrected chi connectivity index (χ0v) is 10.8. The Hall–Kier alpha value is -0.273. The molecule has 0 heterocycles. The van der Waals surface area contributed by atoms with E-state index in [1.54, 1.807) is 0 Å². The molecule has 0 unspecified atom stereocenters. The van der Waals surface area contributed by atoms with E-state index in [0.717, 1.165) is 0 Å². The smallest absolute Gasteiger partial charge is 0.161 e. The first kappa shape index (κ1) is 11.8. The maximum atomic E-state index is 6.80. The SMILES string of the molecule is CCC[Si](Cl)(CCC)c1ccccc1. The molecule has 78 valence electrons. The molecule has 0 nitrogen and oxygen atoms in total. The molecule has 1 rings (SSSR count). The lowest BCUT2D eigenvalue weighted by atomic mass is 10.4. The van der Waals surface area contributed by atoms with Crippen molar-refractivity contribution in [2.45, 2.75) is 38.8 Å². The minimum atomic E-state index is -1.65. The molecule has 0 N–H and O–H groups in total. The Balaban J connectivity index is 2.87. The van der Waals surface area contributed by atoms with Crippen LogP contribution in [0.15, 0.2) is 30.3 Å². The van der Waals surface area contributed by atoms with Crippen LogP contribution in [0.3, 0.4) is 0 Å². The van der Waals surface area contributed by atoms with Crippen LogP contribution in [0.5, 0.6) is 0 Å². The number of benzene rings is 1. The molecule has 14 heavy (non-hydrogen) atoms. The summed E-state index contributed by atoms with van der Waals surface area (Å²) in [7, 11) is -1.65. The molecule has 0 aromatic heterocycles. The van der Waals surface area contributed by atoms with Crippen LogP contribution in [0.1, 0.15) is 26.7 Å². The summed E-state index contributed by atoms with van der Waals surface area (Å²) in [4.78, 5) is 0. The van der Waals surface area contributed by atoms with E-state index in [2.05, 4.69) is 44.2 Å². The van der Waals surface area contributed by atoms with Gasteiger partial charge in [-0.15, -0.1) is 0 Å². The average molecular weight is 227 g/mol. The molecule has 0 aliphatic rings. The lowest BCUT2D eigenvalue weighted by Gasteiger charge is -2.23. The van der Waals surface area contributed by atoms with Crippen LogP contribution in [0.2, 0.25) is 12.1 Å². The molecular formula is C12H19ClSi. The quantitative estimate of drug-likeness (QED) is 0.528. The van der Waals surface area contributed by atoms with Gasteiger partial charge in [-0.3, -0.25) is 0 Å². The summed E-state index contributed by atoms with van der Waals surface area (Å²) in [6.07, 6.45) is 2.40. The molecule has 0 amide bonds. The molecule has 0 saturated carbocycles. The second kappa shape index (κ2) is 5.57. The first-order valence-electron chi connectivity index (χ1n) is 5.47. The highest BCUT2D eigenvalue weighted by atomic mass is 35.6. The van der Waals surface area contributed by atoms with Crippen LogP contribution in [-0.2, 0) is 0 Å². The van der Waals surface area contributed by atoms with Crippen molar-refractivity contribution in [1.82, 2.24) is 0 Å². The number of hydrogen-bond donors (Lipinski definition) is 0. The van der Waals surface area contributed by atoms with E-state index in [9.17, 15) is 0 Å². The maximum absolute atomic E-state index is 6.80. The molecule has 0 aliphatic carbocycles. The minimum absolute atomic E-state index is 1.20. The maximum Gasteiger partial charge on any atom is 0.186 e. The third kappa shape index (κ3) is 2.86. The van der Waals surface area contributed by atoms with Gasteiger partial charge in [0, 0.05) is 0 Å². The first-order valence-corrected chi connectivity index (χ1v) is 8.90. The second-order valence-electron chi connectivity index (χ2n) is 3.83. The van der Waals surface area contributed by atoms with Gasteiger partial charge >= 0.3 is 0 Å². The lowest BCUT2D eigenvalue weighted by molar-refractivity contribution is 1.01. The highest BCUT2D eigenvalue weighted by Gasteiger charge is 2.30. The molecule has 0 fully saturated rings. The van der Waals surface area contributed by atoms with Crippen molar-refractivity contribution < 1.29 is 0 Å². The van der Waals surface area contributed by atoms with Crippen LogP contribution < -0.4 is 5.19 Å². The third-order valence-corrected chi connectivity index (χ3v) is 8.33. The van der Waals surface area contributed by atoms with Crippen molar-refractivity contribution in [3.05, 3.63) is 30.3 Å². The number of halogens is 1. The Labute approximate surface area is 93.0 Å². The van der Waals surface area contributed by atoms with Gasteiger partial charge in [0.25, 0.3) is 0 Å². The van der Waals surface area contributed by atoms with Gasteiger partial charge in [0.15, 0.2) is 7.38 Å². The van der Waals surface area contributed by atoms with E-state index >= 15 is 0 Å². The standard InChI is InChI=1S/C12H19ClSi/c1-3-10-14(13,11-4-2)12-8-6-5-7-9-12/h5-9H,3-4,10-11H2,1-2H3. The largest absolute Gasteiger partial charge is 0.186 e. The first-order chi connectivity index (χ1) is 6.73. The highest BCUT2D eigenvalue weighted by Crippen LogP contribution is 2.23. The zero-order chi connectivity index (χ0) is 10.4. The lowest BCUT2D eigenvalue weighted by Crippen LogP contribution is -2.41. The van der Waals surface area contributed by atoms with E-state index < -0.39 is 7.38 Å². The summed E-state index contributed by atoms with van der Waals surface area (Å²) in [6, 6.07) is 13.1. The van der Waals surface area contributed by atoms with Gasteiger partial charge in [-0.25, -0.2) is 0 Å². The predicted octanol–water partition coefficient (Wildman–Crippen LogP) is 3.90. The van der Waals surface area contributed by atoms with Crippen LogP contribution in [0.25, 0.3) is 0 Å². The predicted molar refractivity (Wildman–Crippen MR) is 67.9 cm³/mol. The Kier molecular flexibility index (Phi) is 4.69. The van der Waals surface area contributed by atoms with E-state index in [1.165, 1.54) is 30.1 Å². The zero-order valence-electron chi connectivity index (χ0n) is 9.09. The van der Waals surface area contributed by atoms with Gasteiger partial charge in [0.05, 0.1) is 0 Å². The number of rotatable bonds is 5. The van der Waals surface area contributed by atoms with Gasteiger partial charge in [0.2, 0.25) is 0 Å². The van der Waals surface area contributed by atoms with Crippen molar-refractivity contribution in [2.24, 2.45) is 0 Å². The molecule has 0 spiro atoms. The molecule has 0 radical (unpaired) electrons. The summed E-state index contributed by atoms with van der Waals surface area (Å²) < 4.78 is 0. The topological polar surface area (TPSA) is 0 Å². The normalized spacial score (nSPS) is 11.6. The van der Waals surface area contributed by atoms with E-state index in [-0.39, 0.29) is 0 Å². The monoisotopic (exact) mass is 226 g/mol. The van der Waals surface area contributed by atoms with E-state index in [0.29, 0.717) is 0 Å². The van der Waals surface area contributed by atoms with Crippen molar-refractivity contribution in [2.75, 3.05) is 0 Å². The second-order valence-corrected chi connectivity index (χ2v) is 9.51. The fourth-order valence-electron chi connectivity index (χ4n) is 1.94. The van der Waals surface area contributed by atoms with Crippen molar-refractivity contribution in [3.8, 4) is 0 Å². The van der Waals surface area contributed by atoms with Crippen LogP contribution in [0, 0.1) is 0 Å². The van der Waals surface area contributed by atoms with Gasteiger partial charge in [0.1, 0.15) is 0 Å². The average Bonchev–Trinajstić information content (AvgIpc) is 2.20. The summed E-state index contributed by atoms with van der Waals surface area (Å²) in [5, 5.41) is 1.41. The van der Waals surface area contributed by atoms with Gasteiger partial charge in [-0.1, -0.05) is 57.0 Å². The fraction of sp³-hybridized carbons (Fsp3) is 0.500. The van der Waals surface area contributed by atoms with Crippen molar-refractivity contribution in [3.63, 3.8) is 0 Å². The Morgan fingerprint density at radius 1 is 1.00 bits per heavy atom.